The van der Waals surface area contributed by atoms with E-state index in [1.165, 1.54) is 11.1 Å². The molecule has 0 fully saturated rings. The molecular formula is C8H11N3O. The van der Waals surface area contributed by atoms with E-state index in [0.29, 0.717) is 5.56 Å². The highest BCUT2D eigenvalue weighted by molar-refractivity contribution is 5.94. The molecule has 1 heterocycles. The minimum atomic E-state index is -0.0394. The molecule has 0 saturated carbocycles. The first kappa shape index (κ1) is 8.64. The average Bonchev–Trinajstić information content (AvgIpc) is 2.04. The highest BCUT2D eigenvalue weighted by Gasteiger charge is 2.10. The second kappa shape index (κ2) is 3.30. The maximum absolute atomic E-state index is 11.4. The van der Waals surface area contributed by atoms with Crippen LogP contribution < -0.4 is 0 Å². The van der Waals surface area contributed by atoms with Crippen molar-refractivity contribution >= 4 is 5.91 Å². The van der Waals surface area contributed by atoms with E-state index in [9.17, 15) is 4.79 Å². The lowest BCUT2D eigenvalue weighted by molar-refractivity contribution is 0.0826. The van der Waals surface area contributed by atoms with Gasteiger partial charge in [-0.15, -0.1) is 0 Å². The number of nitrogens with zero attached hydrogens (tertiary/aromatic N) is 3. The van der Waals surface area contributed by atoms with Crippen molar-refractivity contribution in [2.24, 2.45) is 0 Å². The predicted octanol–water partition coefficient (Wildman–Crippen LogP) is 0.487. The number of hydrogen-bond acceptors (Lipinski definition) is 3. The zero-order valence-electron chi connectivity index (χ0n) is 7.40. The standard InChI is InChI=1S/C8H11N3O/c1-6-4-9-10-5-7(6)8(12)11(2)3/h4-5H,1-3H3. The zero-order valence-corrected chi connectivity index (χ0v) is 7.40. The Kier molecular flexibility index (Phi) is 2.38. The number of carbonyl (C=O) groups excluding carboxylic acids is 1. The average molecular weight is 165 g/mol. The summed E-state index contributed by atoms with van der Waals surface area (Å²) in [5.41, 5.74) is 1.46. The molecule has 0 aliphatic rings. The molecular weight excluding hydrogens is 154 g/mol. The third kappa shape index (κ3) is 1.58. The zero-order chi connectivity index (χ0) is 9.14. The second-order valence-corrected chi connectivity index (χ2v) is 2.79. The van der Waals surface area contributed by atoms with E-state index in [0.717, 1.165) is 5.56 Å². The quantitative estimate of drug-likeness (QED) is 0.608. The van der Waals surface area contributed by atoms with Crippen molar-refractivity contribution in [2.75, 3.05) is 14.1 Å². The Morgan fingerprint density at radius 3 is 2.42 bits per heavy atom. The van der Waals surface area contributed by atoms with E-state index in [4.69, 9.17) is 0 Å². The van der Waals surface area contributed by atoms with Gasteiger partial charge in [0, 0.05) is 14.1 Å². The molecule has 4 nitrogen and oxygen atoms in total. The largest absolute Gasteiger partial charge is 0.345 e. The summed E-state index contributed by atoms with van der Waals surface area (Å²) in [5, 5.41) is 7.32. The summed E-state index contributed by atoms with van der Waals surface area (Å²) in [6, 6.07) is 0. The van der Waals surface area contributed by atoms with Gasteiger partial charge < -0.3 is 4.90 Å². The minimum absolute atomic E-state index is 0.0394. The van der Waals surface area contributed by atoms with E-state index < -0.39 is 0 Å². The summed E-state index contributed by atoms with van der Waals surface area (Å²) in [6.45, 7) is 1.84. The van der Waals surface area contributed by atoms with Gasteiger partial charge in [0.05, 0.1) is 18.0 Å². The summed E-state index contributed by atoms with van der Waals surface area (Å²) in [5.74, 6) is -0.0394. The molecule has 0 radical (unpaired) electrons. The maximum Gasteiger partial charge on any atom is 0.255 e. The number of amides is 1. The van der Waals surface area contributed by atoms with Crippen LogP contribution in [0.3, 0.4) is 0 Å². The van der Waals surface area contributed by atoms with E-state index in [1.54, 1.807) is 20.3 Å². The van der Waals surface area contributed by atoms with E-state index in [1.807, 2.05) is 6.92 Å². The maximum atomic E-state index is 11.4. The highest BCUT2D eigenvalue weighted by Crippen LogP contribution is 2.04. The number of carbonyl (C=O) groups is 1. The van der Waals surface area contributed by atoms with Gasteiger partial charge in [0.2, 0.25) is 0 Å². The first-order valence-electron chi connectivity index (χ1n) is 3.62. The molecule has 0 aliphatic carbocycles. The Balaban J connectivity index is 3.03. The molecule has 0 N–H and O–H groups in total. The molecule has 0 aromatic carbocycles. The van der Waals surface area contributed by atoms with Crippen molar-refractivity contribution in [3.05, 3.63) is 23.5 Å². The van der Waals surface area contributed by atoms with Crippen LogP contribution in [0, 0.1) is 6.92 Å². The van der Waals surface area contributed by atoms with Gasteiger partial charge in [-0.25, -0.2) is 0 Å². The fraction of sp³-hybridized carbons (Fsp3) is 0.375. The lowest BCUT2D eigenvalue weighted by Gasteiger charge is -2.10. The van der Waals surface area contributed by atoms with Gasteiger partial charge in [0.1, 0.15) is 0 Å². The highest BCUT2D eigenvalue weighted by atomic mass is 16.2. The lowest BCUT2D eigenvalue weighted by Crippen LogP contribution is -2.22. The molecule has 1 aromatic rings. The van der Waals surface area contributed by atoms with Crippen molar-refractivity contribution in [1.82, 2.24) is 15.1 Å². The summed E-state index contributed by atoms with van der Waals surface area (Å²) >= 11 is 0. The van der Waals surface area contributed by atoms with Crippen LogP contribution in [0.1, 0.15) is 15.9 Å². The summed E-state index contributed by atoms with van der Waals surface area (Å²) < 4.78 is 0. The lowest BCUT2D eigenvalue weighted by atomic mass is 10.2. The van der Waals surface area contributed by atoms with Gasteiger partial charge in [-0.1, -0.05) is 0 Å². The number of aryl methyl sites for hydroxylation is 1. The fourth-order valence-electron chi connectivity index (χ4n) is 0.847. The Morgan fingerprint density at radius 1 is 1.33 bits per heavy atom. The Hall–Kier alpha value is -1.45. The van der Waals surface area contributed by atoms with Gasteiger partial charge in [-0.2, -0.15) is 10.2 Å². The summed E-state index contributed by atoms with van der Waals surface area (Å²) in [7, 11) is 3.42. The van der Waals surface area contributed by atoms with Gasteiger partial charge >= 0.3 is 0 Å². The van der Waals surface area contributed by atoms with Crippen LogP contribution in [-0.4, -0.2) is 35.1 Å². The Bertz CT molecular complexity index is 296. The van der Waals surface area contributed by atoms with E-state index >= 15 is 0 Å². The molecule has 12 heavy (non-hydrogen) atoms. The number of hydrogen-bond donors (Lipinski definition) is 0. The Labute approximate surface area is 71.2 Å². The monoisotopic (exact) mass is 165 g/mol. The minimum Gasteiger partial charge on any atom is -0.345 e. The molecule has 0 spiro atoms. The molecule has 0 bridgehead atoms. The number of rotatable bonds is 1. The molecule has 0 aliphatic heterocycles. The van der Waals surface area contributed by atoms with Crippen molar-refractivity contribution in [2.45, 2.75) is 6.92 Å². The molecule has 0 atom stereocenters. The van der Waals surface area contributed by atoms with E-state index in [2.05, 4.69) is 10.2 Å². The van der Waals surface area contributed by atoms with Crippen LogP contribution in [0.25, 0.3) is 0 Å². The van der Waals surface area contributed by atoms with Crippen LogP contribution in [0.2, 0.25) is 0 Å². The second-order valence-electron chi connectivity index (χ2n) is 2.79. The van der Waals surface area contributed by atoms with Gasteiger partial charge in [0.15, 0.2) is 0 Å². The van der Waals surface area contributed by atoms with E-state index in [-0.39, 0.29) is 5.91 Å². The summed E-state index contributed by atoms with van der Waals surface area (Å²) in [4.78, 5) is 12.9. The van der Waals surface area contributed by atoms with Crippen molar-refractivity contribution in [3.63, 3.8) is 0 Å². The smallest absolute Gasteiger partial charge is 0.255 e. The van der Waals surface area contributed by atoms with Gasteiger partial charge in [0.25, 0.3) is 5.91 Å². The van der Waals surface area contributed by atoms with Crippen molar-refractivity contribution in [1.29, 1.82) is 0 Å². The SMILES string of the molecule is Cc1cnncc1C(=O)N(C)C. The first-order valence-corrected chi connectivity index (χ1v) is 3.62. The predicted molar refractivity (Wildman–Crippen MR) is 44.8 cm³/mol. The molecule has 64 valence electrons. The first-order chi connectivity index (χ1) is 5.63. The molecule has 1 rings (SSSR count). The molecule has 1 amide bonds. The van der Waals surface area contributed by atoms with Crippen LogP contribution in [0.15, 0.2) is 12.4 Å². The molecule has 1 aromatic heterocycles. The third-order valence-electron chi connectivity index (χ3n) is 1.57. The van der Waals surface area contributed by atoms with Crippen LogP contribution >= 0.6 is 0 Å². The van der Waals surface area contributed by atoms with Crippen LogP contribution in [0.5, 0.6) is 0 Å². The van der Waals surface area contributed by atoms with Crippen molar-refractivity contribution < 1.29 is 4.79 Å². The molecule has 4 heteroatoms. The van der Waals surface area contributed by atoms with Crippen molar-refractivity contribution in [3.8, 4) is 0 Å². The topological polar surface area (TPSA) is 46.1 Å². The van der Waals surface area contributed by atoms with Crippen LogP contribution in [-0.2, 0) is 0 Å². The molecule has 0 unspecified atom stereocenters. The number of aromatic nitrogens is 2. The summed E-state index contributed by atoms with van der Waals surface area (Å²) in [6.07, 6.45) is 3.06. The Morgan fingerprint density at radius 2 is 1.92 bits per heavy atom. The molecule has 0 saturated heterocycles. The van der Waals surface area contributed by atoms with Gasteiger partial charge in [-0.3, -0.25) is 4.79 Å². The van der Waals surface area contributed by atoms with Gasteiger partial charge in [-0.05, 0) is 12.5 Å². The fourth-order valence-corrected chi connectivity index (χ4v) is 0.847. The van der Waals surface area contributed by atoms with Crippen LogP contribution in [0.4, 0.5) is 0 Å². The third-order valence-corrected chi connectivity index (χ3v) is 1.57. The normalized spacial score (nSPS) is 9.58.